The molecule has 0 saturated carbocycles. The third-order valence-electron chi connectivity index (χ3n) is 3.08. The fourth-order valence-corrected chi connectivity index (χ4v) is 1.97. The van der Waals surface area contributed by atoms with Crippen molar-refractivity contribution in [2.75, 3.05) is 5.73 Å². The Labute approximate surface area is 132 Å². The number of hydrogen-bond acceptors (Lipinski definition) is 5. The molecule has 22 heavy (non-hydrogen) atoms. The Hall–Kier alpha value is -2.54. The van der Waals surface area contributed by atoms with Crippen LogP contribution in [0, 0.1) is 13.8 Å². The van der Waals surface area contributed by atoms with Crippen molar-refractivity contribution in [3.8, 4) is 0 Å². The highest BCUT2D eigenvalue weighted by atomic mass is 35.5. The minimum atomic E-state index is -0.608. The largest absolute Gasteiger partial charge is 0.398 e. The van der Waals surface area contributed by atoms with Gasteiger partial charge in [0.05, 0.1) is 10.7 Å². The maximum absolute atomic E-state index is 11.7. The molecule has 1 heterocycles. The summed E-state index contributed by atoms with van der Waals surface area (Å²) in [6, 6.07) is 5.24. The van der Waals surface area contributed by atoms with Crippen molar-refractivity contribution in [2.45, 2.75) is 20.4 Å². The number of nitrogens with zero attached hydrogens (tertiary/aromatic N) is 3. The van der Waals surface area contributed by atoms with Crippen molar-refractivity contribution < 1.29 is 9.63 Å². The average Bonchev–Trinajstić information content (AvgIpc) is 2.77. The van der Waals surface area contributed by atoms with Crippen LogP contribution in [0.1, 0.15) is 16.8 Å². The van der Waals surface area contributed by atoms with Crippen molar-refractivity contribution in [1.82, 2.24) is 9.78 Å². The van der Waals surface area contributed by atoms with Gasteiger partial charge >= 0.3 is 5.97 Å². The van der Waals surface area contributed by atoms with E-state index in [4.69, 9.17) is 27.9 Å². The SMILES string of the molecule is Cc1nn(CC(=O)O/N=C(\N)c2cccc(N)c2C)cc1Cl. The molecular formula is C14H16ClN5O2. The number of rotatable bonds is 4. The number of halogens is 1. The summed E-state index contributed by atoms with van der Waals surface area (Å²) < 4.78 is 1.37. The minimum Gasteiger partial charge on any atom is -0.398 e. The molecule has 0 unspecified atom stereocenters. The third-order valence-corrected chi connectivity index (χ3v) is 3.45. The van der Waals surface area contributed by atoms with Gasteiger partial charge in [0.2, 0.25) is 0 Å². The van der Waals surface area contributed by atoms with Gasteiger partial charge in [-0.25, -0.2) is 4.79 Å². The summed E-state index contributed by atoms with van der Waals surface area (Å²) in [5.41, 5.74) is 14.2. The summed E-state index contributed by atoms with van der Waals surface area (Å²) in [6.07, 6.45) is 1.53. The van der Waals surface area contributed by atoms with E-state index >= 15 is 0 Å². The Morgan fingerprint density at radius 2 is 2.18 bits per heavy atom. The Morgan fingerprint density at radius 3 is 2.82 bits per heavy atom. The summed E-state index contributed by atoms with van der Waals surface area (Å²) in [6.45, 7) is 3.44. The smallest absolute Gasteiger partial charge is 0.356 e. The molecular weight excluding hydrogens is 306 g/mol. The zero-order chi connectivity index (χ0) is 16.3. The monoisotopic (exact) mass is 321 g/mol. The van der Waals surface area contributed by atoms with Gasteiger partial charge < -0.3 is 16.3 Å². The van der Waals surface area contributed by atoms with Crippen molar-refractivity contribution in [3.05, 3.63) is 46.2 Å². The molecule has 0 bridgehead atoms. The molecule has 0 spiro atoms. The van der Waals surface area contributed by atoms with E-state index in [-0.39, 0.29) is 12.4 Å². The number of benzene rings is 1. The topological polar surface area (TPSA) is 109 Å². The zero-order valence-corrected chi connectivity index (χ0v) is 13.0. The maximum atomic E-state index is 11.7. The molecule has 1 aromatic heterocycles. The van der Waals surface area contributed by atoms with E-state index in [0.29, 0.717) is 22.0 Å². The quantitative estimate of drug-likeness (QED) is 0.292. The predicted molar refractivity (Wildman–Crippen MR) is 84.4 cm³/mol. The minimum absolute atomic E-state index is 0.0767. The highest BCUT2D eigenvalue weighted by molar-refractivity contribution is 6.31. The predicted octanol–water partition coefficient (Wildman–Crippen LogP) is 1.60. The Kier molecular flexibility index (Phi) is 4.67. The van der Waals surface area contributed by atoms with Crippen LogP contribution < -0.4 is 11.5 Å². The first kappa shape index (κ1) is 15.8. The van der Waals surface area contributed by atoms with Gasteiger partial charge in [-0.3, -0.25) is 4.68 Å². The van der Waals surface area contributed by atoms with Crippen LogP contribution >= 0.6 is 11.6 Å². The highest BCUT2D eigenvalue weighted by Crippen LogP contribution is 2.15. The van der Waals surface area contributed by atoms with E-state index in [1.54, 1.807) is 25.1 Å². The molecule has 4 N–H and O–H groups in total. The maximum Gasteiger partial charge on any atom is 0.356 e. The lowest BCUT2D eigenvalue weighted by molar-refractivity contribution is -0.144. The summed E-state index contributed by atoms with van der Waals surface area (Å²) >= 11 is 5.86. The number of aryl methyl sites for hydroxylation is 1. The lowest BCUT2D eigenvalue weighted by Gasteiger charge is -2.07. The third kappa shape index (κ3) is 3.56. The highest BCUT2D eigenvalue weighted by Gasteiger charge is 2.10. The van der Waals surface area contributed by atoms with Crippen LogP contribution in [0.3, 0.4) is 0 Å². The summed E-state index contributed by atoms with van der Waals surface area (Å²) in [7, 11) is 0. The molecule has 1 aromatic carbocycles. The Bertz CT molecular complexity index is 719. The van der Waals surface area contributed by atoms with Gasteiger partial charge in [0.1, 0.15) is 6.54 Å². The van der Waals surface area contributed by atoms with Gasteiger partial charge in [0.15, 0.2) is 5.84 Å². The molecule has 0 aliphatic heterocycles. The number of carbonyl (C=O) groups is 1. The van der Waals surface area contributed by atoms with E-state index < -0.39 is 5.97 Å². The van der Waals surface area contributed by atoms with E-state index in [1.807, 2.05) is 6.92 Å². The lowest BCUT2D eigenvalue weighted by Crippen LogP contribution is -2.18. The van der Waals surface area contributed by atoms with Crippen molar-refractivity contribution in [3.63, 3.8) is 0 Å². The van der Waals surface area contributed by atoms with Crippen LogP contribution in [-0.2, 0) is 16.2 Å². The number of anilines is 1. The molecule has 0 amide bonds. The molecule has 0 aliphatic rings. The van der Waals surface area contributed by atoms with E-state index in [2.05, 4.69) is 10.3 Å². The summed E-state index contributed by atoms with van der Waals surface area (Å²) in [5, 5.41) is 8.16. The number of nitrogen functional groups attached to an aromatic ring is 1. The number of aromatic nitrogens is 2. The first-order valence-electron chi connectivity index (χ1n) is 6.47. The molecule has 2 aromatic rings. The summed E-state index contributed by atoms with van der Waals surface area (Å²) in [5.74, 6) is -0.531. The van der Waals surface area contributed by atoms with Gasteiger partial charge in [-0.15, -0.1) is 0 Å². The van der Waals surface area contributed by atoms with Gasteiger partial charge in [0.25, 0.3) is 0 Å². The van der Waals surface area contributed by atoms with E-state index in [9.17, 15) is 4.79 Å². The summed E-state index contributed by atoms with van der Waals surface area (Å²) in [4.78, 5) is 16.5. The molecule has 0 atom stereocenters. The van der Waals surface area contributed by atoms with Crippen LogP contribution in [0.4, 0.5) is 5.69 Å². The second kappa shape index (κ2) is 6.48. The molecule has 0 saturated heterocycles. The van der Waals surface area contributed by atoms with Gasteiger partial charge in [-0.05, 0) is 25.5 Å². The molecule has 0 aliphatic carbocycles. The van der Waals surface area contributed by atoms with Crippen LogP contribution in [0.5, 0.6) is 0 Å². The normalized spacial score (nSPS) is 11.5. The van der Waals surface area contributed by atoms with Crippen molar-refractivity contribution in [2.24, 2.45) is 10.9 Å². The Morgan fingerprint density at radius 1 is 1.45 bits per heavy atom. The number of carbonyl (C=O) groups excluding carboxylic acids is 1. The van der Waals surface area contributed by atoms with E-state index in [0.717, 1.165) is 5.56 Å². The molecule has 0 radical (unpaired) electrons. The number of nitrogens with two attached hydrogens (primary N) is 2. The molecule has 0 fully saturated rings. The second-order valence-electron chi connectivity index (χ2n) is 4.72. The second-order valence-corrected chi connectivity index (χ2v) is 5.13. The first-order chi connectivity index (χ1) is 10.4. The van der Waals surface area contributed by atoms with Crippen molar-refractivity contribution >= 4 is 29.1 Å². The molecule has 116 valence electrons. The Balaban J connectivity index is 2.04. The fraction of sp³-hybridized carbons (Fsp3) is 0.214. The van der Waals surface area contributed by atoms with Crippen LogP contribution in [0.25, 0.3) is 0 Å². The molecule has 8 heteroatoms. The number of hydrogen-bond donors (Lipinski definition) is 2. The number of amidine groups is 1. The zero-order valence-electron chi connectivity index (χ0n) is 12.2. The van der Waals surface area contributed by atoms with Crippen LogP contribution in [0.15, 0.2) is 29.6 Å². The van der Waals surface area contributed by atoms with Gasteiger partial charge in [0, 0.05) is 17.4 Å². The standard InChI is InChI=1S/C14H16ClN5O2/c1-8-10(4-3-5-12(8)16)14(17)19-22-13(21)7-20-6-11(15)9(2)18-20/h3-6H,7,16H2,1-2H3,(H2,17,19). The molecule has 7 nitrogen and oxygen atoms in total. The van der Waals surface area contributed by atoms with E-state index in [1.165, 1.54) is 10.9 Å². The lowest BCUT2D eigenvalue weighted by atomic mass is 10.1. The molecule has 2 rings (SSSR count). The van der Waals surface area contributed by atoms with Gasteiger partial charge in [-0.1, -0.05) is 28.9 Å². The van der Waals surface area contributed by atoms with Crippen molar-refractivity contribution in [1.29, 1.82) is 0 Å². The fourth-order valence-electron chi connectivity index (χ4n) is 1.82. The first-order valence-corrected chi connectivity index (χ1v) is 6.84. The van der Waals surface area contributed by atoms with Crippen LogP contribution in [0.2, 0.25) is 5.02 Å². The average molecular weight is 322 g/mol. The van der Waals surface area contributed by atoms with Gasteiger partial charge in [-0.2, -0.15) is 5.10 Å². The number of oxime groups is 1. The van der Waals surface area contributed by atoms with Crippen LogP contribution in [-0.4, -0.2) is 21.6 Å².